The van der Waals surface area contributed by atoms with Crippen LogP contribution in [0.4, 0.5) is 4.79 Å². The van der Waals surface area contributed by atoms with E-state index in [0.29, 0.717) is 26.3 Å². The van der Waals surface area contributed by atoms with Crippen LogP contribution in [0, 0.1) is 0 Å². The smallest absolute Gasteiger partial charge is 0.318 e. The molecule has 0 spiro atoms. The average molecular weight is 514 g/mol. The Morgan fingerprint density at radius 2 is 1.92 bits per heavy atom. The van der Waals surface area contributed by atoms with E-state index in [4.69, 9.17) is 14.6 Å². The molecule has 1 N–H and O–H groups in total. The maximum atomic E-state index is 13.8. The van der Waals surface area contributed by atoms with E-state index < -0.39 is 0 Å². The molecule has 1 unspecified atom stereocenters. The summed E-state index contributed by atoms with van der Waals surface area (Å²) < 4.78 is 15.2. The molecule has 8 nitrogen and oxygen atoms in total. The van der Waals surface area contributed by atoms with Crippen molar-refractivity contribution in [1.82, 2.24) is 24.6 Å². The number of carbonyl (C=O) groups is 1. The number of fused-ring (bicyclic) bond motifs is 3. The van der Waals surface area contributed by atoms with Crippen LogP contribution in [0.2, 0.25) is 0 Å². The summed E-state index contributed by atoms with van der Waals surface area (Å²) in [5.41, 5.74) is 4.97. The molecule has 0 saturated heterocycles. The molecule has 1 aliphatic heterocycles. The van der Waals surface area contributed by atoms with E-state index in [9.17, 15) is 4.79 Å². The van der Waals surface area contributed by atoms with Gasteiger partial charge in [0, 0.05) is 31.5 Å². The molecule has 3 heterocycles. The fourth-order valence-electron chi connectivity index (χ4n) is 5.13. The standard InChI is InChI=1S/C30H35N5O3/c1-4-26-25-21-34(30(36)31-17-11-19-38-5-2)28(22-12-9-15-24(20-22)37-3)27-16-10-18-33(27)29(25)35(32-26)23-13-7-6-8-14-23/h6-10,12-16,18,20,28H,4-5,11,17,19,21H2,1-3H3,(H,31,36). The predicted octanol–water partition coefficient (Wildman–Crippen LogP) is 5.28. The minimum atomic E-state index is -0.326. The van der Waals surface area contributed by atoms with Gasteiger partial charge in [-0.3, -0.25) is 0 Å². The number of nitrogens with one attached hydrogen (secondary N) is 1. The number of hydrogen-bond acceptors (Lipinski definition) is 4. The Hall–Kier alpha value is -4.04. The number of ether oxygens (including phenoxy) is 2. The van der Waals surface area contributed by atoms with Crippen molar-refractivity contribution in [2.24, 2.45) is 0 Å². The second-order valence-corrected chi connectivity index (χ2v) is 9.24. The Kier molecular flexibility index (Phi) is 7.79. The molecule has 2 amide bonds. The number of para-hydroxylation sites is 1. The second-order valence-electron chi connectivity index (χ2n) is 9.24. The highest BCUT2D eigenvalue weighted by Gasteiger charge is 2.36. The summed E-state index contributed by atoms with van der Waals surface area (Å²) in [6.45, 7) is 6.33. The molecular formula is C30H35N5O3. The van der Waals surface area contributed by atoms with E-state index in [1.54, 1.807) is 7.11 Å². The maximum Gasteiger partial charge on any atom is 0.318 e. The average Bonchev–Trinajstić information content (AvgIpc) is 3.54. The molecular weight excluding hydrogens is 478 g/mol. The van der Waals surface area contributed by atoms with E-state index in [0.717, 1.165) is 52.6 Å². The van der Waals surface area contributed by atoms with Gasteiger partial charge < -0.3 is 24.3 Å². The molecule has 1 atom stereocenters. The molecule has 8 heteroatoms. The third-order valence-corrected chi connectivity index (χ3v) is 6.92. The Morgan fingerprint density at radius 3 is 2.68 bits per heavy atom. The van der Waals surface area contributed by atoms with Gasteiger partial charge in [0.1, 0.15) is 11.6 Å². The first-order valence-corrected chi connectivity index (χ1v) is 13.3. The predicted molar refractivity (Wildman–Crippen MR) is 147 cm³/mol. The van der Waals surface area contributed by atoms with Crippen molar-refractivity contribution in [2.75, 3.05) is 26.9 Å². The normalized spacial score (nSPS) is 14.5. The summed E-state index contributed by atoms with van der Waals surface area (Å²) in [5, 5.41) is 8.15. The van der Waals surface area contributed by atoms with E-state index >= 15 is 0 Å². The topological polar surface area (TPSA) is 73.5 Å². The summed E-state index contributed by atoms with van der Waals surface area (Å²) >= 11 is 0. The number of hydrogen-bond donors (Lipinski definition) is 1. The van der Waals surface area contributed by atoms with Crippen molar-refractivity contribution < 1.29 is 14.3 Å². The number of rotatable bonds is 9. The lowest BCUT2D eigenvalue weighted by molar-refractivity contribution is 0.143. The van der Waals surface area contributed by atoms with Crippen LogP contribution in [-0.4, -0.2) is 52.1 Å². The first-order chi connectivity index (χ1) is 18.7. The molecule has 0 radical (unpaired) electrons. The SMILES string of the molecule is CCOCCCNC(=O)N1Cc2c(CC)nn(-c3ccccc3)c2-n2cccc2C1c1cccc(OC)c1. The lowest BCUT2D eigenvalue weighted by Crippen LogP contribution is -2.42. The number of carbonyl (C=O) groups excluding carboxylic acids is 1. The highest BCUT2D eigenvalue weighted by atomic mass is 16.5. The summed E-state index contributed by atoms with van der Waals surface area (Å²) in [7, 11) is 1.66. The lowest BCUT2D eigenvalue weighted by atomic mass is 10.0. The van der Waals surface area contributed by atoms with Crippen molar-refractivity contribution in [3.05, 3.63) is 95.4 Å². The number of urea groups is 1. The first-order valence-electron chi connectivity index (χ1n) is 13.3. The molecule has 2 aromatic carbocycles. The van der Waals surface area contributed by atoms with Gasteiger partial charge in [0.05, 0.1) is 36.8 Å². The summed E-state index contributed by atoms with van der Waals surface area (Å²) in [6.07, 6.45) is 3.57. The number of aromatic nitrogens is 3. The summed E-state index contributed by atoms with van der Waals surface area (Å²) in [5.74, 6) is 1.72. The van der Waals surface area contributed by atoms with Gasteiger partial charge in [-0.15, -0.1) is 0 Å². The molecule has 0 bridgehead atoms. The monoisotopic (exact) mass is 513 g/mol. The molecule has 0 fully saturated rings. The van der Waals surface area contributed by atoms with Gasteiger partial charge >= 0.3 is 6.03 Å². The van der Waals surface area contributed by atoms with Gasteiger partial charge in [-0.25, -0.2) is 9.48 Å². The van der Waals surface area contributed by atoms with Gasteiger partial charge in [-0.2, -0.15) is 5.10 Å². The number of nitrogens with zero attached hydrogens (tertiary/aromatic N) is 4. The van der Waals surface area contributed by atoms with Crippen LogP contribution in [0.25, 0.3) is 11.5 Å². The fraction of sp³-hybridized carbons (Fsp3) is 0.333. The van der Waals surface area contributed by atoms with Crippen molar-refractivity contribution >= 4 is 6.03 Å². The Bertz CT molecular complexity index is 1380. The van der Waals surface area contributed by atoms with E-state index in [2.05, 4.69) is 47.3 Å². The Balaban J connectivity index is 1.64. The fourth-order valence-corrected chi connectivity index (χ4v) is 5.13. The molecule has 1 aliphatic rings. The second kappa shape index (κ2) is 11.6. The van der Waals surface area contributed by atoms with Gasteiger partial charge in [-0.05, 0) is 61.7 Å². The van der Waals surface area contributed by atoms with Crippen LogP contribution in [-0.2, 0) is 17.7 Å². The molecule has 4 aromatic rings. The van der Waals surface area contributed by atoms with Crippen LogP contribution in [0.5, 0.6) is 5.75 Å². The zero-order valence-corrected chi connectivity index (χ0v) is 22.3. The van der Waals surface area contributed by atoms with Gasteiger partial charge in [-0.1, -0.05) is 37.3 Å². The van der Waals surface area contributed by atoms with Crippen LogP contribution in [0.15, 0.2) is 72.9 Å². The third-order valence-electron chi connectivity index (χ3n) is 6.92. The minimum Gasteiger partial charge on any atom is -0.497 e. The van der Waals surface area contributed by atoms with Crippen LogP contribution >= 0.6 is 0 Å². The number of amides is 2. The van der Waals surface area contributed by atoms with E-state index in [-0.39, 0.29) is 12.1 Å². The minimum absolute atomic E-state index is 0.121. The van der Waals surface area contributed by atoms with Crippen molar-refractivity contribution in [1.29, 1.82) is 0 Å². The highest BCUT2D eigenvalue weighted by Crippen LogP contribution is 2.39. The highest BCUT2D eigenvalue weighted by molar-refractivity contribution is 5.76. The third kappa shape index (κ3) is 4.91. The van der Waals surface area contributed by atoms with Gasteiger partial charge in [0.25, 0.3) is 0 Å². The van der Waals surface area contributed by atoms with Crippen molar-refractivity contribution in [3.8, 4) is 17.3 Å². The molecule has 38 heavy (non-hydrogen) atoms. The summed E-state index contributed by atoms with van der Waals surface area (Å²) in [4.78, 5) is 15.8. The molecule has 0 aliphatic carbocycles. The quantitative estimate of drug-likeness (QED) is 0.309. The van der Waals surface area contributed by atoms with E-state index in [1.165, 1.54) is 0 Å². The van der Waals surface area contributed by atoms with E-state index in [1.807, 2.05) is 59.0 Å². The van der Waals surface area contributed by atoms with Crippen LogP contribution in [0.1, 0.15) is 48.8 Å². The maximum absolute atomic E-state index is 13.8. The molecule has 0 saturated carbocycles. The van der Waals surface area contributed by atoms with Gasteiger partial charge in [0.2, 0.25) is 0 Å². The van der Waals surface area contributed by atoms with Crippen LogP contribution in [0.3, 0.4) is 0 Å². The van der Waals surface area contributed by atoms with Gasteiger partial charge in [0.15, 0.2) is 0 Å². The number of benzene rings is 2. The lowest BCUT2D eigenvalue weighted by Gasteiger charge is -2.31. The Labute approximate surface area is 223 Å². The van der Waals surface area contributed by atoms with Crippen molar-refractivity contribution in [3.63, 3.8) is 0 Å². The first kappa shape index (κ1) is 25.6. The zero-order valence-electron chi connectivity index (χ0n) is 22.3. The molecule has 198 valence electrons. The number of methoxy groups -OCH3 is 1. The number of aryl methyl sites for hydroxylation is 1. The molecule has 5 rings (SSSR count). The van der Waals surface area contributed by atoms with Crippen LogP contribution < -0.4 is 10.1 Å². The Morgan fingerprint density at radius 1 is 1.08 bits per heavy atom. The zero-order chi connectivity index (χ0) is 26.5. The summed E-state index contributed by atoms with van der Waals surface area (Å²) in [6, 6.07) is 21.8. The van der Waals surface area contributed by atoms with Crippen molar-refractivity contribution in [2.45, 2.75) is 39.3 Å². The molecule has 2 aromatic heterocycles. The largest absolute Gasteiger partial charge is 0.497 e.